The molecule has 0 spiro atoms. The van der Waals surface area contributed by atoms with Crippen LogP contribution in [0, 0.1) is 0 Å². The zero-order valence-corrected chi connectivity index (χ0v) is 9.34. The number of hydrogen-bond acceptors (Lipinski definition) is 3. The fraction of sp³-hybridized carbons (Fsp3) is 1.00. The molecule has 0 aliphatic carbocycles. The highest BCUT2D eigenvalue weighted by molar-refractivity contribution is 4.78. The van der Waals surface area contributed by atoms with Crippen molar-refractivity contribution in [2.75, 3.05) is 6.61 Å². The van der Waals surface area contributed by atoms with Crippen LogP contribution in [0.15, 0.2) is 0 Å². The number of ether oxygens (including phenoxy) is 1. The first-order chi connectivity index (χ1) is 5.89. The molecule has 0 aliphatic rings. The van der Waals surface area contributed by atoms with E-state index in [0.29, 0.717) is 6.61 Å². The average Bonchev–Trinajstić information content (AvgIpc) is 2.00. The summed E-state index contributed by atoms with van der Waals surface area (Å²) in [7, 11) is 0. The Labute approximate surface area is 81.8 Å². The van der Waals surface area contributed by atoms with Crippen LogP contribution in [-0.4, -0.2) is 24.3 Å². The second kappa shape index (κ2) is 5.58. The van der Waals surface area contributed by atoms with Crippen molar-refractivity contribution in [3.05, 3.63) is 0 Å². The maximum absolute atomic E-state index is 5.75. The van der Waals surface area contributed by atoms with Gasteiger partial charge in [0, 0.05) is 12.1 Å². The fourth-order valence-electron chi connectivity index (χ4n) is 1.32. The van der Waals surface area contributed by atoms with Crippen LogP contribution < -0.4 is 11.5 Å². The molecule has 0 aromatic heterocycles. The quantitative estimate of drug-likeness (QED) is 0.659. The maximum atomic E-state index is 5.75. The number of nitrogens with two attached hydrogens (primary N) is 2. The Morgan fingerprint density at radius 2 is 1.77 bits per heavy atom. The van der Waals surface area contributed by atoms with Crippen LogP contribution in [0.3, 0.4) is 0 Å². The Balaban J connectivity index is 3.96. The monoisotopic (exact) mass is 188 g/mol. The molecule has 0 radical (unpaired) electrons. The summed E-state index contributed by atoms with van der Waals surface area (Å²) in [5, 5.41) is 0. The average molecular weight is 188 g/mol. The third-order valence-electron chi connectivity index (χ3n) is 2.20. The zero-order valence-electron chi connectivity index (χ0n) is 9.34. The highest BCUT2D eigenvalue weighted by Crippen LogP contribution is 2.21. The van der Waals surface area contributed by atoms with Crippen molar-refractivity contribution in [3.63, 3.8) is 0 Å². The summed E-state index contributed by atoms with van der Waals surface area (Å²) in [6.45, 7) is 8.77. The minimum Gasteiger partial charge on any atom is -0.374 e. The first-order valence-corrected chi connectivity index (χ1v) is 5.04. The summed E-state index contributed by atoms with van der Waals surface area (Å²) in [5.74, 6) is 0. The normalized spacial score (nSPS) is 20.8. The van der Waals surface area contributed by atoms with E-state index in [1.54, 1.807) is 0 Å². The second-order valence-electron chi connectivity index (χ2n) is 4.27. The molecule has 0 aliphatic heterocycles. The second-order valence-corrected chi connectivity index (χ2v) is 4.27. The lowest BCUT2D eigenvalue weighted by atomic mass is 9.95. The third-order valence-corrected chi connectivity index (χ3v) is 2.20. The molecule has 0 aromatic carbocycles. The zero-order chi connectivity index (χ0) is 10.5. The van der Waals surface area contributed by atoms with Gasteiger partial charge in [-0.1, -0.05) is 6.92 Å². The largest absolute Gasteiger partial charge is 0.374 e. The lowest BCUT2D eigenvalue weighted by Crippen LogP contribution is -2.38. The molecule has 80 valence electrons. The predicted octanol–water partition coefficient (Wildman–Crippen LogP) is 1.26. The van der Waals surface area contributed by atoms with Crippen LogP contribution in [0.4, 0.5) is 0 Å². The minimum atomic E-state index is -0.109. The highest BCUT2D eigenvalue weighted by atomic mass is 16.5. The predicted molar refractivity (Wildman–Crippen MR) is 56.6 cm³/mol. The Morgan fingerprint density at radius 1 is 1.23 bits per heavy atom. The molecule has 0 rings (SSSR count). The SMILES string of the molecule is CCC(C)(CC(C)N)OCC(C)N. The van der Waals surface area contributed by atoms with Crippen molar-refractivity contribution in [1.29, 1.82) is 0 Å². The van der Waals surface area contributed by atoms with E-state index in [-0.39, 0.29) is 17.7 Å². The lowest BCUT2D eigenvalue weighted by molar-refractivity contribution is -0.0475. The molecule has 4 N–H and O–H groups in total. The Kier molecular flexibility index (Phi) is 5.53. The summed E-state index contributed by atoms with van der Waals surface area (Å²) >= 11 is 0. The molecule has 0 saturated heterocycles. The van der Waals surface area contributed by atoms with Crippen LogP contribution in [-0.2, 0) is 4.74 Å². The third kappa shape index (κ3) is 6.02. The van der Waals surface area contributed by atoms with Gasteiger partial charge in [0.15, 0.2) is 0 Å². The fourth-order valence-corrected chi connectivity index (χ4v) is 1.32. The van der Waals surface area contributed by atoms with Crippen LogP contribution >= 0.6 is 0 Å². The Hall–Kier alpha value is -0.120. The van der Waals surface area contributed by atoms with E-state index in [0.717, 1.165) is 12.8 Å². The van der Waals surface area contributed by atoms with Gasteiger partial charge in [-0.2, -0.15) is 0 Å². The summed E-state index contributed by atoms with van der Waals surface area (Å²) < 4.78 is 5.75. The first-order valence-electron chi connectivity index (χ1n) is 5.04. The molecule has 3 heteroatoms. The van der Waals surface area contributed by atoms with E-state index >= 15 is 0 Å². The van der Waals surface area contributed by atoms with Gasteiger partial charge in [0.25, 0.3) is 0 Å². The maximum Gasteiger partial charge on any atom is 0.0667 e. The molecular formula is C10H24N2O. The summed E-state index contributed by atoms with van der Waals surface area (Å²) in [6, 6.07) is 0.275. The van der Waals surface area contributed by atoms with Crippen LogP contribution in [0.5, 0.6) is 0 Å². The van der Waals surface area contributed by atoms with Gasteiger partial charge in [0.05, 0.1) is 12.2 Å². The molecule has 3 atom stereocenters. The molecule has 0 amide bonds. The van der Waals surface area contributed by atoms with E-state index in [1.165, 1.54) is 0 Å². The van der Waals surface area contributed by atoms with E-state index in [4.69, 9.17) is 16.2 Å². The topological polar surface area (TPSA) is 61.3 Å². The van der Waals surface area contributed by atoms with E-state index < -0.39 is 0 Å². The smallest absolute Gasteiger partial charge is 0.0667 e. The first kappa shape index (κ1) is 12.9. The Morgan fingerprint density at radius 3 is 2.08 bits per heavy atom. The number of hydrogen-bond donors (Lipinski definition) is 2. The van der Waals surface area contributed by atoms with Gasteiger partial charge in [0.1, 0.15) is 0 Å². The van der Waals surface area contributed by atoms with Gasteiger partial charge >= 0.3 is 0 Å². The molecule has 0 bridgehead atoms. The minimum absolute atomic E-state index is 0.0963. The van der Waals surface area contributed by atoms with Crippen molar-refractivity contribution in [3.8, 4) is 0 Å². The van der Waals surface area contributed by atoms with Gasteiger partial charge in [-0.05, 0) is 33.6 Å². The standard InChI is InChI=1S/C10H24N2O/c1-5-10(4,6-8(2)11)13-7-9(3)12/h8-9H,5-7,11-12H2,1-4H3. The molecule has 13 heavy (non-hydrogen) atoms. The Bertz CT molecular complexity index is 137. The van der Waals surface area contributed by atoms with Gasteiger partial charge in [-0.15, -0.1) is 0 Å². The van der Waals surface area contributed by atoms with E-state index in [1.807, 2.05) is 13.8 Å². The summed E-state index contributed by atoms with van der Waals surface area (Å²) in [4.78, 5) is 0. The van der Waals surface area contributed by atoms with Crippen molar-refractivity contribution in [2.45, 2.75) is 58.2 Å². The van der Waals surface area contributed by atoms with Crippen molar-refractivity contribution in [2.24, 2.45) is 11.5 Å². The van der Waals surface area contributed by atoms with Crippen molar-refractivity contribution in [1.82, 2.24) is 0 Å². The lowest BCUT2D eigenvalue weighted by Gasteiger charge is -2.31. The van der Waals surface area contributed by atoms with Gasteiger partial charge in [0.2, 0.25) is 0 Å². The van der Waals surface area contributed by atoms with E-state index in [9.17, 15) is 0 Å². The molecule has 3 unspecified atom stereocenters. The molecule has 0 heterocycles. The van der Waals surface area contributed by atoms with Crippen LogP contribution in [0.1, 0.15) is 40.5 Å². The highest BCUT2D eigenvalue weighted by Gasteiger charge is 2.24. The van der Waals surface area contributed by atoms with Crippen LogP contribution in [0.2, 0.25) is 0 Å². The molecule has 0 saturated carbocycles. The van der Waals surface area contributed by atoms with Gasteiger partial charge < -0.3 is 16.2 Å². The molecule has 0 aromatic rings. The summed E-state index contributed by atoms with van der Waals surface area (Å²) in [5.41, 5.74) is 11.3. The number of rotatable bonds is 6. The molecule has 3 nitrogen and oxygen atoms in total. The van der Waals surface area contributed by atoms with Gasteiger partial charge in [-0.25, -0.2) is 0 Å². The van der Waals surface area contributed by atoms with Crippen molar-refractivity contribution < 1.29 is 4.74 Å². The van der Waals surface area contributed by atoms with Crippen molar-refractivity contribution >= 4 is 0 Å². The summed E-state index contributed by atoms with van der Waals surface area (Å²) in [6.07, 6.45) is 1.86. The molecular weight excluding hydrogens is 164 g/mol. The van der Waals surface area contributed by atoms with Gasteiger partial charge in [-0.3, -0.25) is 0 Å². The van der Waals surface area contributed by atoms with Crippen LogP contribution in [0.25, 0.3) is 0 Å². The molecule has 0 fully saturated rings. The van der Waals surface area contributed by atoms with E-state index in [2.05, 4.69) is 13.8 Å².